The van der Waals surface area contributed by atoms with Crippen molar-refractivity contribution in [1.29, 1.82) is 0 Å². The summed E-state index contributed by atoms with van der Waals surface area (Å²) in [5.41, 5.74) is 0.514. The molecule has 0 aliphatic carbocycles. The minimum absolute atomic E-state index is 0.0809. The maximum Gasteiger partial charge on any atom is 0.238 e. The fraction of sp³-hybridized carbons (Fsp3) is 0.533. The highest BCUT2D eigenvalue weighted by Crippen LogP contribution is 2.16. The Morgan fingerprint density at radius 2 is 2.15 bits per heavy atom. The van der Waals surface area contributed by atoms with Crippen LogP contribution in [0.5, 0.6) is 0 Å². The first-order chi connectivity index (χ1) is 9.67. The van der Waals surface area contributed by atoms with Crippen LogP contribution < -0.4 is 10.6 Å². The standard InChI is InChI=1S/C15H22FN3O/c1-17-10-12-5-7-19(8-6-12)11-15(20)18-14-4-2-3-13(16)9-14/h2-4,9,12,17H,5-8,10-11H2,1H3,(H,18,20). The molecule has 1 fully saturated rings. The van der Waals surface area contributed by atoms with Gasteiger partial charge in [-0.2, -0.15) is 0 Å². The number of halogens is 1. The lowest BCUT2D eigenvalue weighted by atomic mass is 9.97. The molecular formula is C15H22FN3O. The van der Waals surface area contributed by atoms with Gasteiger partial charge in [0.05, 0.1) is 6.54 Å². The van der Waals surface area contributed by atoms with E-state index in [0.29, 0.717) is 18.2 Å². The second-order valence-electron chi connectivity index (χ2n) is 5.34. The van der Waals surface area contributed by atoms with Crippen molar-refractivity contribution in [2.24, 2.45) is 5.92 Å². The van der Waals surface area contributed by atoms with Gasteiger partial charge < -0.3 is 10.6 Å². The van der Waals surface area contributed by atoms with E-state index in [1.165, 1.54) is 12.1 Å². The van der Waals surface area contributed by atoms with E-state index in [4.69, 9.17) is 0 Å². The maximum atomic E-state index is 13.0. The van der Waals surface area contributed by atoms with Crippen LogP contribution >= 0.6 is 0 Å². The van der Waals surface area contributed by atoms with Crippen LogP contribution in [0.3, 0.4) is 0 Å². The first kappa shape index (κ1) is 14.9. The van der Waals surface area contributed by atoms with Crippen molar-refractivity contribution < 1.29 is 9.18 Å². The number of nitrogens with one attached hydrogen (secondary N) is 2. The number of amides is 1. The van der Waals surface area contributed by atoms with Crippen molar-refractivity contribution >= 4 is 11.6 Å². The van der Waals surface area contributed by atoms with Gasteiger partial charge in [-0.25, -0.2) is 4.39 Å². The van der Waals surface area contributed by atoms with Crippen LogP contribution in [0.1, 0.15) is 12.8 Å². The highest BCUT2D eigenvalue weighted by Gasteiger charge is 2.20. The molecule has 1 aromatic carbocycles. The Hall–Kier alpha value is -1.46. The monoisotopic (exact) mass is 279 g/mol. The molecule has 5 heteroatoms. The van der Waals surface area contributed by atoms with Gasteiger partial charge in [0.1, 0.15) is 5.82 Å². The van der Waals surface area contributed by atoms with E-state index in [9.17, 15) is 9.18 Å². The smallest absolute Gasteiger partial charge is 0.238 e. The molecule has 0 unspecified atom stereocenters. The summed E-state index contributed by atoms with van der Waals surface area (Å²) in [6.45, 7) is 3.32. The molecule has 1 aliphatic rings. The Morgan fingerprint density at radius 3 is 2.80 bits per heavy atom. The van der Waals surface area contributed by atoms with Crippen LogP contribution in [0.4, 0.5) is 10.1 Å². The Labute approximate surface area is 119 Å². The van der Waals surface area contributed by atoms with Gasteiger partial charge in [0, 0.05) is 5.69 Å². The fourth-order valence-electron chi connectivity index (χ4n) is 2.61. The average Bonchev–Trinajstić information content (AvgIpc) is 2.41. The number of nitrogens with zero attached hydrogens (tertiary/aromatic N) is 1. The Kier molecular flexibility index (Phi) is 5.49. The minimum atomic E-state index is -0.337. The molecule has 20 heavy (non-hydrogen) atoms. The van der Waals surface area contributed by atoms with Crippen LogP contribution in [0, 0.1) is 11.7 Å². The zero-order chi connectivity index (χ0) is 14.4. The normalized spacial score (nSPS) is 17.1. The van der Waals surface area contributed by atoms with Gasteiger partial charge in [-0.3, -0.25) is 9.69 Å². The van der Waals surface area contributed by atoms with Gasteiger partial charge in [-0.05, 0) is 63.6 Å². The third-order valence-corrected chi connectivity index (χ3v) is 3.68. The van der Waals surface area contributed by atoms with Crippen molar-refractivity contribution in [3.05, 3.63) is 30.1 Å². The zero-order valence-electron chi connectivity index (χ0n) is 11.9. The maximum absolute atomic E-state index is 13.0. The topological polar surface area (TPSA) is 44.4 Å². The molecule has 0 aromatic heterocycles. The van der Waals surface area contributed by atoms with Crippen molar-refractivity contribution in [3.8, 4) is 0 Å². The average molecular weight is 279 g/mol. The molecule has 2 rings (SSSR count). The molecule has 1 aromatic rings. The highest BCUT2D eigenvalue weighted by atomic mass is 19.1. The molecule has 0 saturated carbocycles. The van der Waals surface area contributed by atoms with E-state index >= 15 is 0 Å². The first-order valence-corrected chi connectivity index (χ1v) is 7.10. The molecular weight excluding hydrogens is 257 g/mol. The number of likely N-dealkylation sites (tertiary alicyclic amines) is 1. The van der Waals surface area contributed by atoms with E-state index in [1.54, 1.807) is 12.1 Å². The number of anilines is 1. The first-order valence-electron chi connectivity index (χ1n) is 7.10. The molecule has 0 atom stereocenters. The molecule has 1 amide bonds. The number of carbonyl (C=O) groups is 1. The second kappa shape index (κ2) is 7.36. The lowest BCUT2D eigenvalue weighted by Gasteiger charge is -2.31. The fourth-order valence-corrected chi connectivity index (χ4v) is 2.61. The molecule has 4 nitrogen and oxygen atoms in total. The largest absolute Gasteiger partial charge is 0.325 e. The summed E-state index contributed by atoms with van der Waals surface area (Å²) in [6, 6.07) is 5.98. The number of carbonyl (C=O) groups excluding carboxylic acids is 1. The lowest BCUT2D eigenvalue weighted by molar-refractivity contribution is -0.117. The van der Waals surface area contributed by atoms with Crippen molar-refractivity contribution in [3.63, 3.8) is 0 Å². The van der Waals surface area contributed by atoms with Crippen LogP contribution in [0.2, 0.25) is 0 Å². The van der Waals surface area contributed by atoms with Gasteiger partial charge in [-0.1, -0.05) is 6.07 Å². The Balaban J connectivity index is 1.75. The summed E-state index contributed by atoms with van der Waals surface area (Å²) in [5, 5.41) is 5.93. The number of rotatable bonds is 5. The molecule has 0 bridgehead atoms. The summed E-state index contributed by atoms with van der Waals surface area (Å²) in [6.07, 6.45) is 2.24. The summed E-state index contributed by atoms with van der Waals surface area (Å²) in [4.78, 5) is 14.1. The number of piperidine rings is 1. The van der Waals surface area contributed by atoms with Gasteiger partial charge in [0.15, 0.2) is 0 Å². The SMILES string of the molecule is CNCC1CCN(CC(=O)Nc2cccc(F)c2)CC1. The predicted molar refractivity (Wildman–Crippen MR) is 78.1 cm³/mol. The summed E-state index contributed by atoms with van der Waals surface area (Å²) < 4.78 is 13.0. The van der Waals surface area contributed by atoms with Crippen LogP contribution in [-0.4, -0.2) is 44.0 Å². The lowest BCUT2D eigenvalue weighted by Crippen LogP contribution is -2.40. The molecule has 1 aliphatic heterocycles. The van der Waals surface area contributed by atoms with Crippen molar-refractivity contribution in [1.82, 2.24) is 10.2 Å². The summed E-state index contributed by atoms with van der Waals surface area (Å²) >= 11 is 0. The second-order valence-corrected chi connectivity index (χ2v) is 5.34. The number of benzene rings is 1. The van der Waals surface area contributed by atoms with E-state index in [0.717, 1.165) is 32.5 Å². The van der Waals surface area contributed by atoms with Crippen LogP contribution in [0.15, 0.2) is 24.3 Å². The minimum Gasteiger partial charge on any atom is -0.325 e. The third kappa shape index (κ3) is 4.58. The highest BCUT2D eigenvalue weighted by molar-refractivity contribution is 5.92. The molecule has 1 heterocycles. The zero-order valence-corrected chi connectivity index (χ0v) is 11.9. The summed E-state index contributed by atoms with van der Waals surface area (Å²) in [7, 11) is 1.97. The predicted octanol–water partition coefficient (Wildman–Crippen LogP) is 1.70. The third-order valence-electron chi connectivity index (χ3n) is 3.68. The molecule has 110 valence electrons. The Morgan fingerprint density at radius 1 is 1.40 bits per heavy atom. The summed E-state index contributed by atoms with van der Waals surface area (Å²) in [5.74, 6) is 0.292. The van der Waals surface area contributed by atoms with Crippen LogP contribution in [-0.2, 0) is 4.79 Å². The van der Waals surface area contributed by atoms with E-state index in [-0.39, 0.29) is 11.7 Å². The van der Waals surface area contributed by atoms with E-state index in [1.807, 2.05) is 7.05 Å². The number of hydrogen-bond acceptors (Lipinski definition) is 3. The van der Waals surface area contributed by atoms with Gasteiger partial charge >= 0.3 is 0 Å². The van der Waals surface area contributed by atoms with Crippen molar-refractivity contribution in [2.75, 3.05) is 38.5 Å². The van der Waals surface area contributed by atoms with Gasteiger partial charge in [-0.15, -0.1) is 0 Å². The molecule has 2 N–H and O–H groups in total. The van der Waals surface area contributed by atoms with E-state index < -0.39 is 0 Å². The van der Waals surface area contributed by atoms with Gasteiger partial charge in [0.2, 0.25) is 5.91 Å². The Bertz CT molecular complexity index is 444. The van der Waals surface area contributed by atoms with E-state index in [2.05, 4.69) is 15.5 Å². The molecule has 0 spiro atoms. The molecule has 0 radical (unpaired) electrons. The number of hydrogen-bond donors (Lipinski definition) is 2. The molecule has 1 saturated heterocycles. The quantitative estimate of drug-likeness (QED) is 0.862. The van der Waals surface area contributed by atoms with Crippen molar-refractivity contribution in [2.45, 2.75) is 12.8 Å². The van der Waals surface area contributed by atoms with Gasteiger partial charge in [0.25, 0.3) is 0 Å². The van der Waals surface area contributed by atoms with Crippen LogP contribution in [0.25, 0.3) is 0 Å².